The number of nitro benzene ring substituents is 1. The lowest BCUT2D eigenvalue weighted by molar-refractivity contribution is -0.383. The maximum Gasteiger partial charge on any atom is 0.300 e. The summed E-state index contributed by atoms with van der Waals surface area (Å²) in [5.41, 5.74) is 4.45. The fraction of sp³-hybridized carbons (Fsp3) is 0.0952. The number of non-ortho nitro benzene ring substituents is 1. The van der Waals surface area contributed by atoms with Gasteiger partial charge in [-0.1, -0.05) is 42.5 Å². The van der Waals surface area contributed by atoms with Gasteiger partial charge in [-0.05, 0) is 33.6 Å². The van der Waals surface area contributed by atoms with Gasteiger partial charge in [0.2, 0.25) is 11.4 Å². The Morgan fingerprint density at radius 3 is 2.47 bits per heavy atom. The zero-order valence-corrected chi connectivity index (χ0v) is 16.0. The molecule has 30 heavy (non-hydrogen) atoms. The third-order valence-corrected chi connectivity index (χ3v) is 4.59. The Morgan fingerprint density at radius 1 is 1.00 bits per heavy atom. The number of nitrogens with one attached hydrogen (secondary N) is 2. The normalized spacial score (nSPS) is 10.7. The van der Waals surface area contributed by atoms with E-state index in [4.69, 9.17) is 4.63 Å². The van der Waals surface area contributed by atoms with Gasteiger partial charge in [-0.2, -0.15) is 0 Å². The smallest absolute Gasteiger partial charge is 0.300 e. The summed E-state index contributed by atoms with van der Waals surface area (Å²) in [4.78, 5) is 21.7. The number of aromatic nitrogens is 2. The Labute approximate surface area is 170 Å². The lowest BCUT2D eigenvalue weighted by atomic mass is 10.0. The second-order valence-electron chi connectivity index (χ2n) is 6.63. The third kappa shape index (κ3) is 3.81. The van der Waals surface area contributed by atoms with Crippen LogP contribution < -0.4 is 10.6 Å². The highest BCUT2D eigenvalue weighted by Gasteiger charge is 2.20. The van der Waals surface area contributed by atoms with Crippen molar-refractivity contribution >= 4 is 34.0 Å². The van der Waals surface area contributed by atoms with E-state index >= 15 is 0 Å². The predicted octanol–water partition coefficient (Wildman–Crippen LogP) is 4.18. The molecular formula is C21H17N5O4. The molecule has 0 aliphatic heterocycles. The van der Waals surface area contributed by atoms with E-state index in [-0.39, 0.29) is 22.6 Å². The molecule has 0 fully saturated rings. The van der Waals surface area contributed by atoms with Gasteiger partial charge in [0.05, 0.1) is 10.6 Å². The van der Waals surface area contributed by atoms with Crippen LogP contribution in [0.15, 0.2) is 65.3 Å². The summed E-state index contributed by atoms with van der Waals surface area (Å²) in [5, 5.41) is 24.7. The van der Waals surface area contributed by atoms with E-state index in [1.165, 1.54) is 13.0 Å². The first-order valence-corrected chi connectivity index (χ1v) is 9.12. The lowest BCUT2D eigenvalue weighted by Gasteiger charge is -2.13. The monoisotopic (exact) mass is 403 g/mol. The second-order valence-corrected chi connectivity index (χ2v) is 6.63. The van der Waals surface area contributed by atoms with Crippen LogP contribution in [-0.2, 0) is 11.3 Å². The lowest BCUT2D eigenvalue weighted by Crippen LogP contribution is -2.18. The Morgan fingerprint density at radius 2 is 1.73 bits per heavy atom. The van der Waals surface area contributed by atoms with Gasteiger partial charge < -0.3 is 10.6 Å². The maximum atomic E-state index is 11.2. The average molecular weight is 403 g/mol. The molecule has 9 nitrogen and oxygen atoms in total. The van der Waals surface area contributed by atoms with E-state index in [1.54, 1.807) is 6.07 Å². The molecule has 3 aromatic carbocycles. The minimum Gasteiger partial charge on any atom is -0.353 e. The molecule has 0 spiro atoms. The van der Waals surface area contributed by atoms with Gasteiger partial charge >= 0.3 is 5.69 Å². The van der Waals surface area contributed by atoms with E-state index in [0.717, 1.165) is 22.4 Å². The van der Waals surface area contributed by atoms with Crippen molar-refractivity contribution in [1.82, 2.24) is 15.6 Å². The number of carbonyl (C=O) groups is 1. The largest absolute Gasteiger partial charge is 0.353 e. The first-order chi connectivity index (χ1) is 14.5. The number of carbonyl (C=O) groups excluding carboxylic acids is 1. The van der Waals surface area contributed by atoms with Crippen molar-refractivity contribution in [1.29, 1.82) is 0 Å². The molecule has 150 valence electrons. The third-order valence-electron chi connectivity index (χ3n) is 4.59. The molecule has 4 aromatic rings. The molecule has 0 radical (unpaired) electrons. The molecular weight excluding hydrogens is 386 g/mol. The molecule has 0 aliphatic carbocycles. The van der Waals surface area contributed by atoms with Gasteiger partial charge in [-0.3, -0.25) is 14.9 Å². The molecule has 4 rings (SSSR count). The summed E-state index contributed by atoms with van der Waals surface area (Å²) in [6.07, 6.45) is 0. The van der Waals surface area contributed by atoms with Crippen molar-refractivity contribution in [2.45, 2.75) is 13.5 Å². The number of hydrogen-bond acceptors (Lipinski definition) is 7. The van der Waals surface area contributed by atoms with Crippen molar-refractivity contribution in [2.24, 2.45) is 0 Å². The van der Waals surface area contributed by atoms with Gasteiger partial charge in [0, 0.05) is 30.8 Å². The summed E-state index contributed by atoms with van der Waals surface area (Å²) in [5.74, 6) is -0.0784. The Hall–Kier alpha value is -4.27. The molecule has 0 saturated heterocycles. The number of fused-ring (bicyclic) bond motifs is 1. The highest BCUT2D eigenvalue weighted by Crippen LogP contribution is 2.34. The molecule has 1 aromatic heterocycles. The summed E-state index contributed by atoms with van der Waals surface area (Å²) in [7, 11) is 0. The van der Waals surface area contributed by atoms with Crippen molar-refractivity contribution in [3.63, 3.8) is 0 Å². The fourth-order valence-corrected chi connectivity index (χ4v) is 3.12. The number of nitrogens with zero attached hydrogens (tertiary/aromatic N) is 3. The fourth-order valence-electron chi connectivity index (χ4n) is 3.12. The van der Waals surface area contributed by atoms with E-state index in [0.29, 0.717) is 12.2 Å². The van der Waals surface area contributed by atoms with E-state index in [1.807, 2.05) is 48.5 Å². The average Bonchev–Trinajstić information content (AvgIpc) is 3.23. The quantitative estimate of drug-likeness (QED) is 0.366. The standard InChI is InChI=1S/C21H17N5O4/c1-13(27)22-12-14-6-8-15(9-7-14)16-4-2-3-5-17(16)23-18-10-11-19(26(28)29)21-20(18)24-30-25-21/h2-11,23H,12H2,1H3,(H,22,27). The number of benzene rings is 3. The van der Waals surface area contributed by atoms with E-state index < -0.39 is 4.92 Å². The van der Waals surface area contributed by atoms with Crippen LogP contribution >= 0.6 is 0 Å². The Balaban J connectivity index is 1.66. The number of amides is 1. The number of anilines is 2. The summed E-state index contributed by atoms with van der Waals surface area (Å²) < 4.78 is 4.73. The highest BCUT2D eigenvalue weighted by molar-refractivity contribution is 5.96. The van der Waals surface area contributed by atoms with Gasteiger partial charge in [-0.25, -0.2) is 4.63 Å². The topological polar surface area (TPSA) is 123 Å². The maximum absolute atomic E-state index is 11.2. The van der Waals surface area contributed by atoms with Crippen LogP contribution in [0.25, 0.3) is 22.2 Å². The van der Waals surface area contributed by atoms with Gasteiger partial charge in [-0.15, -0.1) is 0 Å². The van der Waals surface area contributed by atoms with Crippen LogP contribution in [-0.4, -0.2) is 21.1 Å². The molecule has 0 saturated carbocycles. The molecule has 9 heteroatoms. The van der Waals surface area contributed by atoms with Crippen LogP contribution in [0.1, 0.15) is 12.5 Å². The number of nitro groups is 1. The first kappa shape index (κ1) is 19.1. The minimum atomic E-state index is -0.521. The molecule has 1 amide bonds. The van der Waals surface area contributed by atoms with Crippen molar-refractivity contribution in [3.8, 4) is 11.1 Å². The summed E-state index contributed by atoms with van der Waals surface area (Å²) >= 11 is 0. The van der Waals surface area contributed by atoms with Gasteiger partial charge in [0.25, 0.3) is 0 Å². The zero-order chi connectivity index (χ0) is 21.1. The molecule has 2 N–H and O–H groups in total. The molecule has 0 aliphatic rings. The number of hydrogen-bond donors (Lipinski definition) is 2. The first-order valence-electron chi connectivity index (χ1n) is 9.12. The second kappa shape index (κ2) is 8.00. The van der Waals surface area contributed by atoms with Crippen LogP contribution in [0.2, 0.25) is 0 Å². The van der Waals surface area contributed by atoms with E-state index in [9.17, 15) is 14.9 Å². The molecule has 0 bridgehead atoms. The SMILES string of the molecule is CC(=O)NCc1ccc(-c2ccccc2Nc2ccc([N+](=O)[O-])c3nonc23)cc1. The van der Waals surface area contributed by atoms with Crippen molar-refractivity contribution in [2.75, 3.05) is 5.32 Å². The summed E-state index contributed by atoms with van der Waals surface area (Å²) in [6, 6.07) is 18.5. The Bertz CT molecular complexity index is 1230. The number of para-hydroxylation sites is 1. The predicted molar refractivity (Wildman–Crippen MR) is 111 cm³/mol. The van der Waals surface area contributed by atoms with Crippen LogP contribution in [0.4, 0.5) is 17.1 Å². The van der Waals surface area contributed by atoms with Crippen LogP contribution in [0.5, 0.6) is 0 Å². The molecule has 0 unspecified atom stereocenters. The van der Waals surface area contributed by atoms with Crippen LogP contribution in [0.3, 0.4) is 0 Å². The molecule has 0 atom stereocenters. The van der Waals surface area contributed by atoms with Gasteiger partial charge in [0.15, 0.2) is 5.52 Å². The Kier molecular flexibility index (Phi) is 5.08. The van der Waals surface area contributed by atoms with E-state index in [2.05, 4.69) is 20.9 Å². The van der Waals surface area contributed by atoms with Crippen molar-refractivity contribution in [3.05, 3.63) is 76.3 Å². The highest BCUT2D eigenvalue weighted by atomic mass is 16.6. The zero-order valence-electron chi connectivity index (χ0n) is 16.0. The van der Waals surface area contributed by atoms with Crippen LogP contribution in [0, 0.1) is 10.1 Å². The molecule has 1 heterocycles. The minimum absolute atomic E-state index is 0.0784. The van der Waals surface area contributed by atoms with Crippen molar-refractivity contribution < 1.29 is 14.3 Å². The van der Waals surface area contributed by atoms with Gasteiger partial charge in [0.1, 0.15) is 0 Å². The number of rotatable bonds is 6. The summed E-state index contributed by atoms with van der Waals surface area (Å²) in [6.45, 7) is 1.95.